The first-order valence-electron chi connectivity index (χ1n) is 4.17. The normalized spacial score (nSPS) is 49.6. The Balaban J connectivity index is 1.98. The number of aliphatic hydroxyl groups is 1. The maximum absolute atomic E-state index is 9.48. The number of aliphatic hydroxyl groups excluding tert-OH is 1. The highest BCUT2D eigenvalue weighted by atomic mass is 16.7. The summed E-state index contributed by atoms with van der Waals surface area (Å²) in [4.78, 5) is 0. The van der Waals surface area contributed by atoms with E-state index in [4.69, 9.17) is 9.47 Å². The van der Waals surface area contributed by atoms with Crippen molar-refractivity contribution in [3.8, 4) is 0 Å². The van der Waals surface area contributed by atoms with Crippen LogP contribution in [0.25, 0.3) is 0 Å². The molecule has 0 aromatic carbocycles. The van der Waals surface area contributed by atoms with Gasteiger partial charge in [-0.05, 0) is 12.8 Å². The smallest absolute Gasteiger partial charge is 0.158 e. The summed E-state index contributed by atoms with van der Waals surface area (Å²) in [5.41, 5.74) is 0. The van der Waals surface area contributed by atoms with Crippen LogP contribution >= 0.6 is 0 Å². The van der Waals surface area contributed by atoms with Gasteiger partial charge in [-0.2, -0.15) is 0 Å². The predicted molar refractivity (Wildman–Crippen MR) is 39.0 cm³/mol. The molecule has 3 heteroatoms. The molecular formula is C8H14O3. The van der Waals surface area contributed by atoms with Gasteiger partial charge in [0, 0.05) is 19.4 Å². The molecule has 2 fully saturated rings. The molecule has 0 aromatic rings. The third kappa shape index (κ3) is 1.17. The molecule has 1 aliphatic carbocycles. The maximum Gasteiger partial charge on any atom is 0.158 e. The monoisotopic (exact) mass is 158 g/mol. The SMILES string of the molecule is COC1C[C@H]2[C@H](O)CC[C@H]2O1. The Labute approximate surface area is 66.3 Å². The molecule has 1 unspecified atom stereocenters. The van der Waals surface area contributed by atoms with Gasteiger partial charge >= 0.3 is 0 Å². The van der Waals surface area contributed by atoms with Gasteiger partial charge in [0.25, 0.3) is 0 Å². The molecule has 0 radical (unpaired) electrons. The first kappa shape index (κ1) is 7.53. The third-order valence-corrected chi connectivity index (χ3v) is 2.77. The first-order valence-corrected chi connectivity index (χ1v) is 4.17. The van der Waals surface area contributed by atoms with Crippen LogP contribution in [0.5, 0.6) is 0 Å². The van der Waals surface area contributed by atoms with E-state index in [9.17, 15) is 5.11 Å². The van der Waals surface area contributed by atoms with Gasteiger partial charge in [0.05, 0.1) is 12.2 Å². The molecule has 0 amide bonds. The van der Waals surface area contributed by atoms with E-state index in [0.29, 0.717) is 5.92 Å². The number of methoxy groups -OCH3 is 1. The summed E-state index contributed by atoms with van der Waals surface area (Å²) in [5, 5.41) is 9.48. The summed E-state index contributed by atoms with van der Waals surface area (Å²) in [6, 6.07) is 0. The van der Waals surface area contributed by atoms with Crippen LogP contribution in [-0.2, 0) is 9.47 Å². The summed E-state index contributed by atoms with van der Waals surface area (Å²) in [7, 11) is 1.65. The minimum atomic E-state index is -0.153. The molecule has 4 atom stereocenters. The van der Waals surface area contributed by atoms with Gasteiger partial charge in [0.1, 0.15) is 0 Å². The van der Waals surface area contributed by atoms with Crippen molar-refractivity contribution in [2.45, 2.75) is 37.8 Å². The van der Waals surface area contributed by atoms with E-state index in [1.54, 1.807) is 7.11 Å². The lowest BCUT2D eigenvalue weighted by Gasteiger charge is -2.09. The summed E-state index contributed by atoms with van der Waals surface area (Å²) in [6.07, 6.45) is 2.79. The molecular weight excluding hydrogens is 144 g/mol. The molecule has 1 aliphatic heterocycles. The molecule has 0 aromatic heterocycles. The molecule has 64 valence electrons. The second-order valence-electron chi connectivity index (χ2n) is 3.38. The molecule has 1 N–H and O–H groups in total. The first-order chi connectivity index (χ1) is 5.31. The van der Waals surface area contributed by atoms with Gasteiger partial charge in [-0.3, -0.25) is 0 Å². The second-order valence-corrected chi connectivity index (χ2v) is 3.38. The number of ether oxygens (including phenoxy) is 2. The minimum Gasteiger partial charge on any atom is -0.393 e. The van der Waals surface area contributed by atoms with Gasteiger partial charge in [0.15, 0.2) is 6.29 Å². The van der Waals surface area contributed by atoms with Gasteiger partial charge in [-0.1, -0.05) is 0 Å². The summed E-state index contributed by atoms with van der Waals surface area (Å²) < 4.78 is 10.6. The topological polar surface area (TPSA) is 38.7 Å². The van der Waals surface area contributed by atoms with Crippen LogP contribution in [0.15, 0.2) is 0 Å². The molecule has 1 saturated heterocycles. The van der Waals surface area contributed by atoms with E-state index in [1.165, 1.54) is 0 Å². The van der Waals surface area contributed by atoms with Gasteiger partial charge in [0.2, 0.25) is 0 Å². The van der Waals surface area contributed by atoms with Crippen molar-refractivity contribution in [2.24, 2.45) is 5.92 Å². The average Bonchev–Trinajstić information content (AvgIpc) is 2.53. The van der Waals surface area contributed by atoms with Crippen LogP contribution in [0.1, 0.15) is 19.3 Å². The number of hydrogen-bond donors (Lipinski definition) is 1. The Bertz CT molecular complexity index is 148. The van der Waals surface area contributed by atoms with E-state index < -0.39 is 0 Å². The maximum atomic E-state index is 9.48. The zero-order valence-electron chi connectivity index (χ0n) is 6.69. The highest BCUT2D eigenvalue weighted by molar-refractivity contribution is 4.90. The Hall–Kier alpha value is -0.120. The van der Waals surface area contributed by atoms with E-state index in [-0.39, 0.29) is 18.5 Å². The largest absolute Gasteiger partial charge is 0.393 e. The Morgan fingerprint density at radius 3 is 2.91 bits per heavy atom. The zero-order chi connectivity index (χ0) is 7.84. The average molecular weight is 158 g/mol. The van der Waals surface area contributed by atoms with Crippen LogP contribution in [0.2, 0.25) is 0 Å². The Morgan fingerprint density at radius 1 is 1.45 bits per heavy atom. The molecule has 1 saturated carbocycles. The van der Waals surface area contributed by atoms with E-state index in [2.05, 4.69) is 0 Å². The Kier molecular flexibility index (Phi) is 1.87. The molecule has 2 rings (SSSR count). The highest BCUT2D eigenvalue weighted by Crippen LogP contribution is 2.39. The molecule has 0 bridgehead atoms. The van der Waals surface area contributed by atoms with Crippen molar-refractivity contribution in [3.63, 3.8) is 0 Å². The summed E-state index contributed by atoms with van der Waals surface area (Å²) in [6.45, 7) is 0. The van der Waals surface area contributed by atoms with Gasteiger partial charge in [-0.25, -0.2) is 0 Å². The van der Waals surface area contributed by atoms with Gasteiger partial charge in [-0.15, -0.1) is 0 Å². The van der Waals surface area contributed by atoms with Crippen LogP contribution in [0, 0.1) is 5.92 Å². The lowest BCUT2D eigenvalue weighted by atomic mass is 10.0. The highest BCUT2D eigenvalue weighted by Gasteiger charge is 2.43. The minimum absolute atomic E-state index is 0.0695. The van der Waals surface area contributed by atoms with Crippen LogP contribution in [-0.4, -0.2) is 30.7 Å². The fraction of sp³-hybridized carbons (Fsp3) is 1.00. The molecule has 1 heterocycles. The summed E-state index contributed by atoms with van der Waals surface area (Å²) >= 11 is 0. The second kappa shape index (κ2) is 2.73. The van der Waals surface area contributed by atoms with Crippen molar-refractivity contribution >= 4 is 0 Å². The fourth-order valence-corrected chi connectivity index (χ4v) is 2.11. The van der Waals surface area contributed by atoms with Crippen molar-refractivity contribution in [1.82, 2.24) is 0 Å². The lowest BCUT2D eigenvalue weighted by Crippen LogP contribution is -2.17. The number of rotatable bonds is 1. The lowest BCUT2D eigenvalue weighted by molar-refractivity contribution is -0.114. The van der Waals surface area contributed by atoms with Crippen LogP contribution < -0.4 is 0 Å². The Morgan fingerprint density at radius 2 is 2.27 bits per heavy atom. The molecule has 0 spiro atoms. The van der Waals surface area contributed by atoms with E-state index in [1.807, 2.05) is 0 Å². The van der Waals surface area contributed by atoms with Crippen LogP contribution in [0.4, 0.5) is 0 Å². The molecule has 2 aliphatic rings. The quantitative estimate of drug-likeness (QED) is 0.604. The molecule has 3 nitrogen and oxygen atoms in total. The fourth-order valence-electron chi connectivity index (χ4n) is 2.11. The van der Waals surface area contributed by atoms with Crippen molar-refractivity contribution < 1.29 is 14.6 Å². The number of fused-ring (bicyclic) bond motifs is 1. The predicted octanol–water partition coefficient (Wildman–Crippen LogP) is 0.519. The number of hydrogen-bond acceptors (Lipinski definition) is 3. The van der Waals surface area contributed by atoms with Crippen molar-refractivity contribution in [3.05, 3.63) is 0 Å². The molecule has 11 heavy (non-hydrogen) atoms. The van der Waals surface area contributed by atoms with Crippen molar-refractivity contribution in [2.75, 3.05) is 7.11 Å². The third-order valence-electron chi connectivity index (χ3n) is 2.77. The van der Waals surface area contributed by atoms with Crippen LogP contribution in [0.3, 0.4) is 0 Å². The van der Waals surface area contributed by atoms with E-state index in [0.717, 1.165) is 19.3 Å². The van der Waals surface area contributed by atoms with E-state index >= 15 is 0 Å². The summed E-state index contributed by atoms with van der Waals surface area (Å²) in [5.74, 6) is 0.333. The standard InChI is InChI=1S/C8H14O3/c1-10-8-4-5-6(9)2-3-7(5)11-8/h5-9H,2-4H2,1H3/t5-,6+,7+,8?/m0/s1. The van der Waals surface area contributed by atoms with Crippen molar-refractivity contribution in [1.29, 1.82) is 0 Å². The zero-order valence-corrected chi connectivity index (χ0v) is 6.69. The van der Waals surface area contributed by atoms with Gasteiger partial charge < -0.3 is 14.6 Å².